The number of fused-ring (bicyclic) bond motifs is 1. The van der Waals surface area contributed by atoms with Crippen molar-refractivity contribution >= 4 is 67.3 Å². The van der Waals surface area contributed by atoms with Crippen molar-refractivity contribution in [2.45, 2.75) is 13.2 Å². The van der Waals surface area contributed by atoms with E-state index < -0.39 is 0 Å². The fourth-order valence-corrected chi connectivity index (χ4v) is 5.14. The molecule has 174 valence electrons. The molecule has 4 aromatic rings. The highest BCUT2D eigenvalue weighted by molar-refractivity contribution is 9.10. The van der Waals surface area contributed by atoms with Crippen molar-refractivity contribution in [3.05, 3.63) is 116 Å². The van der Waals surface area contributed by atoms with Gasteiger partial charge in [-0.2, -0.15) is 0 Å². The Morgan fingerprint density at radius 2 is 1.66 bits per heavy atom. The lowest BCUT2D eigenvalue weighted by atomic mass is 10.0. The molecule has 1 fully saturated rings. The van der Waals surface area contributed by atoms with E-state index in [1.807, 2.05) is 84.9 Å². The molecule has 0 radical (unpaired) electrons. The molecule has 5 rings (SSSR count). The molecule has 0 spiro atoms. The van der Waals surface area contributed by atoms with Gasteiger partial charge in [0.15, 0.2) is 0 Å². The number of carbonyl (C=O) groups excluding carboxylic acids is 2. The van der Waals surface area contributed by atoms with Crippen LogP contribution < -0.4 is 4.74 Å². The van der Waals surface area contributed by atoms with Crippen molar-refractivity contribution < 1.29 is 14.3 Å². The van der Waals surface area contributed by atoms with Crippen molar-refractivity contribution in [1.29, 1.82) is 0 Å². The van der Waals surface area contributed by atoms with Gasteiger partial charge in [-0.25, -0.2) is 0 Å². The van der Waals surface area contributed by atoms with E-state index in [0.717, 1.165) is 43.7 Å². The molecule has 35 heavy (non-hydrogen) atoms. The van der Waals surface area contributed by atoms with Crippen LogP contribution in [0.5, 0.6) is 5.75 Å². The highest BCUT2D eigenvalue weighted by atomic mass is 79.9. The van der Waals surface area contributed by atoms with Gasteiger partial charge in [-0.15, -0.1) is 0 Å². The molecule has 0 aliphatic carbocycles. The number of nitrogens with zero attached hydrogens (tertiary/aromatic N) is 1. The van der Waals surface area contributed by atoms with Gasteiger partial charge in [0.25, 0.3) is 11.1 Å². The van der Waals surface area contributed by atoms with Crippen molar-refractivity contribution in [2.24, 2.45) is 0 Å². The first-order valence-electron chi connectivity index (χ1n) is 10.9. The van der Waals surface area contributed by atoms with E-state index in [0.29, 0.717) is 15.7 Å². The molecule has 4 aromatic carbocycles. The third-order valence-electron chi connectivity index (χ3n) is 5.67. The van der Waals surface area contributed by atoms with Crippen molar-refractivity contribution in [3.63, 3.8) is 0 Å². The summed E-state index contributed by atoms with van der Waals surface area (Å²) in [5.41, 5.74) is 2.50. The Bertz CT molecular complexity index is 1470. The normalized spacial score (nSPS) is 14.8. The predicted octanol–water partition coefficient (Wildman–Crippen LogP) is 8.07. The predicted molar refractivity (Wildman–Crippen MR) is 145 cm³/mol. The number of carbonyl (C=O) groups is 2. The maximum Gasteiger partial charge on any atom is 0.293 e. The second-order valence-electron chi connectivity index (χ2n) is 7.97. The van der Waals surface area contributed by atoms with Gasteiger partial charge in [-0.1, -0.05) is 88.2 Å². The summed E-state index contributed by atoms with van der Waals surface area (Å²) in [6.45, 7) is 0.505. The lowest BCUT2D eigenvalue weighted by Gasteiger charge is -2.14. The summed E-state index contributed by atoms with van der Waals surface area (Å²) >= 11 is 10.7. The van der Waals surface area contributed by atoms with Crippen LogP contribution in [0.15, 0.2) is 94.3 Å². The number of hydrogen-bond donors (Lipinski definition) is 0. The first-order valence-corrected chi connectivity index (χ1v) is 12.9. The van der Waals surface area contributed by atoms with Crippen LogP contribution in [-0.2, 0) is 17.9 Å². The SMILES string of the molecule is O=C1S/C(=C\c2c(OCc3ccccc3Cl)ccc3ccccc23)C(=O)N1Cc1ccc(Br)cc1. The van der Waals surface area contributed by atoms with E-state index >= 15 is 0 Å². The van der Waals surface area contributed by atoms with Crippen LogP contribution in [-0.4, -0.2) is 16.0 Å². The fourth-order valence-electron chi connectivity index (χ4n) is 3.86. The number of rotatable bonds is 6. The van der Waals surface area contributed by atoms with E-state index in [4.69, 9.17) is 16.3 Å². The Hall–Kier alpha value is -3.06. The number of thioether (sulfide) groups is 1. The molecule has 1 aliphatic heterocycles. The van der Waals surface area contributed by atoms with Crippen molar-refractivity contribution in [3.8, 4) is 5.75 Å². The van der Waals surface area contributed by atoms with Crippen LogP contribution in [0.25, 0.3) is 16.8 Å². The summed E-state index contributed by atoms with van der Waals surface area (Å²) in [5, 5.41) is 2.29. The van der Waals surface area contributed by atoms with Crippen molar-refractivity contribution in [1.82, 2.24) is 4.90 Å². The molecule has 0 unspecified atom stereocenters. The molecular weight excluding hydrogens is 546 g/mol. The van der Waals surface area contributed by atoms with Gasteiger partial charge in [-0.05, 0) is 58.4 Å². The van der Waals surface area contributed by atoms with E-state index in [-0.39, 0.29) is 24.3 Å². The van der Waals surface area contributed by atoms with Gasteiger partial charge in [0.2, 0.25) is 0 Å². The molecule has 0 bridgehead atoms. The summed E-state index contributed by atoms with van der Waals surface area (Å²) in [6.07, 6.45) is 1.76. The third kappa shape index (κ3) is 5.15. The standard InChI is InChI=1S/C28H19BrClNO3S/c29-21-12-9-18(10-13-21)16-31-27(32)26(35-28(31)33)15-23-22-7-3-1-5-19(22)11-14-25(23)34-17-20-6-2-4-8-24(20)30/h1-15H,16-17H2/b26-15-. The quantitative estimate of drug-likeness (QED) is 0.222. The zero-order valence-corrected chi connectivity index (χ0v) is 21.6. The molecule has 0 N–H and O–H groups in total. The summed E-state index contributed by atoms with van der Waals surface area (Å²) in [4.78, 5) is 27.6. The smallest absolute Gasteiger partial charge is 0.293 e. The Kier molecular flexibility index (Phi) is 6.95. The van der Waals surface area contributed by atoms with Gasteiger partial charge in [0.05, 0.1) is 11.4 Å². The molecule has 1 aliphatic rings. The number of benzene rings is 4. The first kappa shape index (κ1) is 23.7. The highest BCUT2D eigenvalue weighted by Crippen LogP contribution is 2.38. The lowest BCUT2D eigenvalue weighted by molar-refractivity contribution is -0.123. The minimum atomic E-state index is -0.312. The van der Waals surface area contributed by atoms with Gasteiger partial charge in [0, 0.05) is 20.6 Å². The molecule has 1 saturated heterocycles. The lowest BCUT2D eigenvalue weighted by Crippen LogP contribution is -2.27. The molecule has 0 aromatic heterocycles. The Labute approximate surface area is 220 Å². The van der Waals surface area contributed by atoms with Gasteiger partial charge < -0.3 is 4.74 Å². The van der Waals surface area contributed by atoms with Crippen LogP contribution in [0.1, 0.15) is 16.7 Å². The maximum absolute atomic E-state index is 13.2. The number of hydrogen-bond acceptors (Lipinski definition) is 4. The second-order valence-corrected chi connectivity index (χ2v) is 10.3. The van der Waals surface area contributed by atoms with E-state index in [9.17, 15) is 9.59 Å². The first-order chi connectivity index (χ1) is 17.0. The van der Waals surface area contributed by atoms with Gasteiger partial charge in [0.1, 0.15) is 12.4 Å². The van der Waals surface area contributed by atoms with E-state index in [1.165, 1.54) is 4.90 Å². The Morgan fingerprint density at radius 3 is 2.46 bits per heavy atom. The zero-order chi connectivity index (χ0) is 24.4. The second kappa shape index (κ2) is 10.3. The number of imide groups is 1. The van der Waals surface area contributed by atoms with E-state index in [2.05, 4.69) is 15.9 Å². The number of halogens is 2. The van der Waals surface area contributed by atoms with Crippen LogP contribution >= 0.6 is 39.3 Å². The molecule has 1 heterocycles. The largest absolute Gasteiger partial charge is 0.488 e. The maximum atomic E-state index is 13.2. The molecule has 2 amide bonds. The number of ether oxygens (including phenoxy) is 1. The number of amides is 2. The molecule has 7 heteroatoms. The van der Waals surface area contributed by atoms with E-state index in [1.54, 1.807) is 6.08 Å². The summed E-state index contributed by atoms with van der Waals surface area (Å²) in [5.74, 6) is 0.302. The van der Waals surface area contributed by atoms with Crippen LogP contribution in [0.4, 0.5) is 4.79 Å². The van der Waals surface area contributed by atoms with Crippen molar-refractivity contribution in [2.75, 3.05) is 0 Å². The van der Waals surface area contributed by atoms with Crippen LogP contribution in [0, 0.1) is 0 Å². The highest BCUT2D eigenvalue weighted by Gasteiger charge is 2.35. The molecular formula is C28H19BrClNO3S. The van der Waals surface area contributed by atoms with Crippen LogP contribution in [0.3, 0.4) is 0 Å². The Balaban J connectivity index is 1.48. The summed E-state index contributed by atoms with van der Waals surface area (Å²) in [6, 6.07) is 26.8. The minimum absolute atomic E-state index is 0.223. The minimum Gasteiger partial charge on any atom is -0.488 e. The molecule has 0 saturated carbocycles. The average Bonchev–Trinajstić information content (AvgIpc) is 3.13. The zero-order valence-electron chi connectivity index (χ0n) is 18.4. The third-order valence-corrected chi connectivity index (χ3v) is 7.48. The molecule has 0 atom stereocenters. The summed E-state index contributed by atoms with van der Waals surface area (Å²) < 4.78 is 7.11. The van der Waals surface area contributed by atoms with Gasteiger partial charge >= 0.3 is 0 Å². The monoisotopic (exact) mass is 563 g/mol. The Morgan fingerprint density at radius 1 is 0.914 bits per heavy atom. The average molecular weight is 565 g/mol. The van der Waals surface area contributed by atoms with Gasteiger partial charge in [-0.3, -0.25) is 14.5 Å². The summed E-state index contributed by atoms with van der Waals surface area (Å²) in [7, 11) is 0. The molecule has 4 nitrogen and oxygen atoms in total. The topological polar surface area (TPSA) is 46.6 Å². The fraction of sp³-hybridized carbons (Fsp3) is 0.0714. The van der Waals surface area contributed by atoms with Crippen LogP contribution in [0.2, 0.25) is 5.02 Å².